The van der Waals surface area contributed by atoms with E-state index in [4.69, 9.17) is 0 Å². The van der Waals surface area contributed by atoms with Crippen LogP contribution in [0.3, 0.4) is 0 Å². The van der Waals surface area contributed by atoms with Crippen molar-refractivity contribution in [1.29, 1.82) is 0 Å². The number of carbonyl (C=O) groups excluding carboxylic acids is 2. The fourth-order valence-electron chi connectivity index (χ4n) is 1.38. The van der Waals surface area contributed by atoms with E-state index >= 15 is 0 Å². The van der Waals surface area contributed by atoms with Crippen LogP contribution in [0.25, 0.3) is 0 Å². The number of nitro groups is 1. The minimum atomic E-state index is -2.00. The van der Waals surface area contributed by atoms with Crippen LogP contribution in [0, 0.1) is 20.8 Å². The molecule has 0 aromatic heterocycles. The van der Waals surface area contributed by atoms with Crippen molar-refractivity contribution in [2.45, 2.75) is 13.0 Å². The van der Waals surface area contributed by atoms with Crippen LogP contribution in [-0.2, 0) is 14.3 Å². The van der Waals surface area contributed by atoms with Crippen LogP contribution in [0.2, 0.25) is 0 Å². The lowest BCUT2D eigenvalue weighted by Gasteiger charge is -2.09. The Balaban J connectivity index is 2.99. The molecule has 9 nitrogen and oxygen atoms in total. The van der Waals surface area contributed by atoms with Gasteiger partial charge in [-0.05, 0) is 24.2 Å². The Hall–Kier alpha value is -2.91. The van der Waals surface area contributed by atoms with Gasteiger partial charge in [-0.15, -0.1) is 4.91 Å². The summed E-state index contributed by atoms with van der Waals surface area (Å²) < 4.78 is 17.4. The van der Waals surface area contributed by atoms with E-state index in [0.29, 0.717) is 6.07 Å². The Morgan fingerprint density at radius 2 is 2.19 bits per heavy atom. The predicted molar refractivity (Wildman–Crippen MR) is 67.9 cm³/mol. The first-order valence-corrected chi connectivity index (χ1v) is 5.64. The fourth-order valence-corrected chi connectivity index (χ4v) is 1.38. The molecule has 1 amide bonds. The smallest absolute Gasteiger partial charge is 0.344 e. The molecule has 0 aliphatic rings. The summed E-state index contributed by atoms with van der Waals surface area (Å²) in [5.41, 5.74) is -1.10. The standard InChI is InChI=1S/C11H10FN3O6/c1-2-21-11(17)9(14-18)10(16)13-7-4-3-6(12)5-8(7)15(19)20/h3-5,9H,2H2,1H3,(H,13,16). The van der Waals surface area contributed by atoms with Gasteiger partial charge >= 0.3 is 5.97 Å². The lowest BCUT2D eigenvalue weighted by atomic mass is 10.2. The molecule has 112 valence electrons. The number of hydrogen-bond donors (Lipinski definition) is 1. The number of ether oxygens (including phenoxy) is 1. The average Bonchev–Trinajstić information content (AvgIpc) is 2.41. The van der Waals surface area contributed by atoms with Gasteiger partial charge in [-0.2, -0.15) is 0 Å². The van der Waals surface area contributed by atoms with Gasteiger partial charge in [0.1, 0.15) is 11.5 Å². The van der Waals surface area contributed by atoms with E-state index < -0.39 is 34.3 Å². The molecule has 0 spiro atoms. The highest BCUT2D eigenvalue weighted by atomic mass is 19.1. The van der Waals surface area contributed by atoms with Gasteiger partial charge in [0.2, 0.25) is 0 Å². The third-order valence-corrected chi connectivity index (χ3v) is 2.28. The molecule has 0 bridgehead atoms. The minimum Gasteiger partial charge on any atom is -0.464 e. The number of nitrogens with zero attached hydrogens (tertiary/aromatic N) is 2. The summed E-state index contributed by atoms with van der Waals surface area (Å²) in [5, 5.41) is 15.0. The zero-order chi connectivity index (χ0) is 16.0. The first-order valence-electron chi connectivity index (χ1n) is 5.64. The number of hydrogen-bond acceptors (Lipinski definition) is 7. The van der Waals surface area contributed by atoms with Crippen molar-refractivity contribution in [2.24, 2.45) is 5.18 Å². The summed E-state index contributed by atoms with van der Waals surface area (Å²) in [5.74, 6) is -3.27. The monoisotopic (exact) mass is 299 g/mol. The van der Waals surface area contributed by atoms with E-state index in [-0.39, 0.29) is 12.3 Å². The Morgan fingerprint density at radius 1 is 1.52 bits per heavy atom. The van der Waals surface area contributed by atoms with Crippen LogP contribution < -0.4 is 5.32 Å². The predicted octanol–water partition coefficient (Wildman–Crippen LogP) is 1.37. The Bertz CT molecular complexity index is 591. The number of nitro benzene ring substituents is 1. The Labute approximate surface area is 117 Å². The van der Waals surface area contributed by atoms with Crippen LogP contribution in [0.1, 0.15) is 6.92 Å². The lowest BCUT2D eigenvalue weighted by molar-refractivity contribution is -0.384. The number of anilines is 1. The van der Waals surface area contributed by atoms with E-state index in [1.54, 1.807) is 0 Å². The molecule has 1 aromatic carbocycles. The van der Waals surface area contributed by atoms with Crippen LogP contribution in [0.15, 0.2) is 23.4 Å². The first kappa shape index (κ1) is 16.1. The summed E-state index contributed by atoms with van der Waals surface area (Å²) in [6, 6.07) is 0.382. The van der Waals surface area contributed by atoms with Gasteiger partial charge in [0.25, 0.3) is 17.6 Å². The maximum absolute atomic E-state index is 12.9. The molecule has 0 saturated carbocycles. The molecule has 0 saturated heterocycles. The second kappa shape index (κ2) is 7.03. The number of rotatable bonds is 6. The highest BCUT2D eigenvalue weighted by Crippen LogP contribution is 2.25. The number of carbonyl (C=O) groups is 2. The van der Waals surface area contributed by atoms with Gasteiger partial charge < -0.3 is 10.1 Å². The van der Waals surface area contributed by atoms with Gasteiger partial charge in [-0.3, -0.25) is 14.9 Å². The summed E-state index contributed by atoms with van der Waals surface area (Å²) in [6.45, 7) is 1.39. The van der Waals surface area contributed by atoms with Gasteiger partial charge in [0.15, 0.2) is 0 Å². The van der Waals surface area contributed by atoms with Gasteiger partial charge in [-0.1, -0.05) is 0 Å². The highest BCUT2D eigenvalue weighted by molar-refractivity contribution is 6.09. The summed E-state index contributed by atoms with van der Waals surface area (Å²) in [6.07, 6.45) is 0. The second-order valence-corrected chi connectivity index (χ2v) is 3.67. The van der Waals surface area contributed by atoms with E-state index in [1.165, 1.54) is 6.92 Å². The van der Waals surface area contributed by atoms with E-state index in [2.05, 4.69) is 9.91 Å². The molecule has 1 atom stereocenters. The topological polar surface area (TPSA) is 128 Å². The van der Waals surface area contributed by atoms with Crippen molar-refractivity contribution >= 4 is 23.3 Å². The first-order chi connectivity index (χ1) is 9.90. The molecule has 1 aromatic rings. The highest BCUT2D eigenvalue weighted by Gasteiger charge is 2.31. The molecule has 1 unspecified atom stereocenters. The molecule has 0 heterocycles. The second-order valence-electron chi connectivity index (χ2n) is 3.67. The van der Waals surface area contributed by atoms with Gasteiger partial charge in [0, 0.05) is 0 Å². The zero-order valence-electron chi connectivity index (χ0n) is 10.7. The number of benzene rings is 1. The summed E-state index contributed by atoms with van der Waals surface area (Å²) in [7, 11) is 0. The Morgan fingerprint density at radius 3 is 2.71 bits per heavy atom. The number of nitroso groups, excluding NO2 is 1. The number of amides is 1. The van der Waals surface area contributed by atoms with Crippen LogP contribution >= 0.6 is 0 Å². The number of esters is 1. The molecule has 0 radical (unpaired) electrons. The number of halogens is 1. The molecular weight excluding hydrogens is 289 g/mol. The van der Waals surface area contributed by atoms with E-state index in [1.807, 2.05) is 5.32 Å². The van der Waals surface area contributed by atoms with Crippen LogP contribution in [0.5, 0.6) is 0 Å². The van der Waals surface area contributed by atoms with Crippen molar-refractivity contribution in [3.05, 3.63) is 39.0 Å². The summed E-state index contributed by atoms with van der Waals surface area (Å²) in [4.78, 5) is 43.3. The van der Waals surface area contributed by atoms with Crippen molar-refractivity contribution in [1.82, 2.24) is 0 Å². The van der Waals surface area contributed by atoms with Crippen molar-refractivity contribution in [3.63, 3.8) is 0 Å². The zero-order valence-corrected chi connectivity index (χ0v) is 10.7. The maximum atomic E-state index is 12.9. The molecule has 1 N–H and O–H groups in total. The third-order valence-electron chi connectivity index (χ3n) is 2.28. The Kier molecular flexibility index (Phi) is 5.40. The molecule has 0 fully saturated rings. The van der Waals surface area contributed by atoms with Crippen molar-refractivity contribution in [2.75, 3.05) is 11.9 Å². The molecule has 10 heteroatoms. The maximum Gasteiger partial charge on any atom is 0.344 e. The molecule has 1 rings (SSSR count). The lowest BCUT2D eigenvalue weighted by Crippen LogP contribution is -2.34. The van der Waals surface area contributed by atoms with Crippen LogP contribution in [-0.4, -0.2) is 29.4 Å². The van der Waals surface area contributed by atoms with Crippen molar-refractivity contribution < 1.29 is 23.6 Å². The fraction of sp³-hybridized carbons (Fsp3) is 0.273. The molecule has 0 aliphatic heterocycles. The van der Waals surface area contributed by atoms with Gasteiger partial charge in [0.05, 0.1) is 17.6 Å². The molecule has 21 heavy (non-hydrogen) atoms. The van der Waals surface area contributed by atoms with Crippen molar-refractivity contribution in [3.8, 4) is 0 Å². The largest absolute Gasteiger partial charge is 0.464 e. The average molecular weight is 299 g/mol. The summed E-state index contributed by atoms with van der Waals surface area (Å²) >= 11 is 0. The molecule has 0 aliphatic carbocycles. The normalized spacial score (nSPS) is 11.3. The number of nitrogens with one attached hydrogen (secondary N) is 1. The minimum absolute atomic E-state index is 0.0746. The van der Waals surface area contributed by atoms with Gasteiger partial charge in [-0.25, -0.2) is 9.18 Å². The molecular formula is C11H10FN3O6. The third kappa shape index (κ3) is 4.03. The van der Waals surface area contributed by atoms with E-state index in [0.717, 1.165) is 12.1 Å². The SMILES string of the molecule is CCOC(=O)C(N=O)C(=O)Nc1ccc(F)cc1[N+](=O)[O-]. The van der Waals surface area contributed by atoms with Crippen LogP contribution in [0.4, 0.5) is 15.8 Å². The van der Waals surface area contributed by atoms with E-state index in [9.17, 15) is 29.0 Å². The quantitative estimate of drug-likeness (QED) is 0.278.